The first-order valence-electron chi connectivity index (χ1n) is 9.62. The van der Waals surface area contributed by atoms with Gasteiger partial charge < -0.3 is 14.5 Å². The Hall–Kier alpha value is -2.94. The highest BCUT2D eigenvalue weighted by atomic mass is 19.4. The van der Waals surface area contributed by atoms with Crippen molar-refractivity contribution >= 4 is 5.91 Å². The summed E-state index contributed by atoms with van der Waals surface area (Å²) in [5.41, 5.74) is 0.536. The molecule has 1 aliphatic carbocycles. The van der Waals surface area contributed by atoms with Crippen LogP contribution in [0.4, 0.5) is 26.3 Å². The maximum absolute atomic E-state index is 12.4. The van der Waals surface area contributed by atoms with Crippen molar-refractivity contribution in [2.24, 2.45) is 0 Å². The number of nitrogens with zero attached hydrogens (tertiary/aromatic N) is 4. The summed E-state index contributed by atoms with van der Waals surface area (Å²) in [5.74, 6) is -0.358. The summed E-state index contributed by atoms with van der Waals surface area (Å²) < 4.78 is 88.5. The van der Waals surface area contributed by atoms with Gasteiger partial charge in [-0.25, -0.2) is 0 Å². The van der Waals surface area contributed by atoms with Gasteiger partial charge in [0.15, 0.2) is 0 Å². The minimum atomic E-state index is -4.70. The highest BCUT2D eigenvalue weighted by molar-refractivity contribution is 5.78. The van der Waals surface area contributed by atoms with Crippen LogP contribution >= 0.6 is 0 Å². The number of hydrogen-bond donors (Lipinski definition) is 1. The number of halogens is 6. The molecule has 3 rings (SSSR count). The normalized spacial score (nSPS) is 18.7. The number of rotatable bonds is 10. The second-order valence-corrected chi connectivity index (χ2v) is 7.28. The van der Waals surface area contributed by atoms with Crippen molar-refractivity contribution in [3.05, 3.63) is 30.6 Å². The van der Waals surface area contributed by atoms with Crippen LogP contribution < -0.4 is 5.32 Å². The van der Waals surface area contributed by atoms with Gasteiger partial charge in [0.05, 0.1) is 24.0 Å². The smallest absolute Gasteiger partial charge is 0.421 e. The van der Waals surface area contributed by atoms with Crippen molar-refractivity contribution in [1.82, 2.24) is 25.3 Å². The zero-order chi connectivity index (χ0) is 24.2. The van der Waals surface area contributed by atoms with Crippen molar-refractivity contribution in [3.63, 3.8) is 0 Å². The summed E-state index contributed by atoms with van der Waals surface area (Å²) in [7, 11) is 0. The predicted molar refractivity (Wildman–Crippen MR) is 97.1 cm³/mol. The van der Waals surface area contributed by atoms with E-state index in [4.69, 9.17) is 9.15 Å². The van der Waals surface area contributed by atoms with Crippen LogP contribution in [0.1, 0.15) is 25.2 Å². The molecular weight excluding hydrogens is 464 g/mol. The molecule has 182 valence electrons. The molecule has 0 bridgehead atoms. The molecule has 0 aromatic carbocycles. The third kappa shape index (κ3) is 8.16. The third-order valence-corrected chi connectivity index (χ3v) is 4.45. The Morgan fingerprint density at radius 3 is 2.61 bits per heavy atom. The van der Waals surface area contributed by atoms with E-state index in [1.165, 1.54) is 6.20 Å². The lowest BCUT2D eigenvalue weighted by molar-refractivity contribution is -0.357. The zero-order valence-corrected chi connectivity index (χ0v) is 16.9. The standard InChI is InChI=1S/C18H19F6N5O4/c1-10(26-14(30)8-31-12-4-13(5-12)33-18(22,23)24)2-3-15-27-28-16(32-15)11-6-25-29(7-11)9-17(19,20)21/h6-7,12-13H,1-5,8-9H2,(H,26,30)/t12-,13+. The van der Waals surface area contributed by atoms with Gasteiger partial charge in [0.2, 0.25) is 11.8 Å². The Morgan fingerprint density at radius 1 is 1.21 bits per heavy atom. The number of carbonyl (C=O) groups excluding carboxylic acids is 1. The summed E-state index contributed by atoms with van der Waals surface area (Å²) >= 11 is 0. The lowest BCUT2D eigenvalue weighted by Crippen LogP contribution is -2.42. The van der Waals surface area contributed by atoms with Crippen LogP contribution in [0.5, 0.6) is 0 Å². The van der Waals surface area contributed by atoms with Crippen LogP contribution in [-0.4, -0.2) is 57.2 Å². The minimum Gasteiger partial charge on any atom is -0.421 e. The third-order valence-electron chi connectivity index (χ3n) is 4.45. The molecule has 2 aromatic heterocycles. The zero-order valence-electron chi connectivity index (χ0n) is 16.9. The average Bonchev–Trinajstić information content (AvgIpc) is 3.28. The first-order chi connectivity index (χ1) is 15.4. The van der Waals surface area contributed by atoms with Gasteiger partial charge in [0.25, 0.3) is 5.89 Å². The second-order valence-electron chi connectivity index (χ2n) is 7.28. The maximum Gasteiger partial charge on any atom is 0.522 e. The van der Waals surface area contributed by atoms with E-state index in [2.05, 4.69) is 31.9 Å². The lowest BCUT2D eigenvalue weighted by atomic mass is 9.92. The van der Waals surface area contributed by atoms with E-state index in [1.54, 1.807) is 0 Å². The van der Waals surface area contributed by atoms with Crippen molar-refractivity contribution < 1.29 is 45.0 Å². The fraction of sp³-hybridized carbons (Fsp3) is 0.556. The molecule has 2 aromatic rings. The molecule has 2 heterocycles. The molecule has 1 aliphatic rings. The van der Waals surface area contributed by atoms with Gasteiger partial charge in [-0.1, -0.05) is 6.58 Å². The molecule has 33 heavy (non-hydrogen) atoms. The summed E-state index contributed by atoms with van der Waals surface area (Å²) in [6.07, 6.45) is -7.76. The Balaban J connectivity index is 1.35. The van der Waals surface area contributed by atoms with Crippen molar-refractivity contribution in [2.75, 3.05) is 6.61 Å². The number of carbonyl (C=O) groups is 1. The molecule has 0 spiro atoms. The highest BCUT2D eigenvalue weighted by Gasteiger charge is 2.40. The molecule has 1 fully saturated rings. The van der Waals surface area contributed by atoms with Crippen LogP contribution in [0, 0.1) is 0 Å². The van der Waals surface area contributed by atoms with Crippen molar-refractivity contribution in [3.8, 4) is 11.5 Å². The molecule has 1 N–H and O–H groups in total. The Morgan fingerprint density at radius 2 is 1.94 bits per heavy atom. The van der Waals surface area contributed by atoms with Crippen molar-refractivity contribution in [2.45, 2.75) is 57.0 Å². The van der Waals surface area contributed by atoms with E-state index in [-0.39, 0.29) is 49.6 Å². The lowest BCUT2D eigenvalue weighted by Gasteiger charge is -2.34. The number of hydrogen-bond acceptors (Lipinski definition) is 7. The number of allylic oxidation sites excluding steroid dienone is 1. The summed E-state index contributed by atoms with van der Waals surface area (Å²) in [6.45, 7) is 2.08. The topological polar surface area (TPSA) is 104 Å². The van der Waals surface area contributed by atoms with E-state index in [0.717, 1.165) is 6.20 Å². The molecule has 15 heteroatoms. The van der Waals surface area contributed by atoms with Crippen molar-refractivity contribution in [1.29, 1.82) is 0 Å². The van der Waals surface area contributed by atoms with E-state index in [9.17, 15) is 31.1 Å². The number of amides is 1. The number of aryl methyl sites for hydroxylation is 1. The van der Waals surface area contributed by atoms with E-state index in [0.29, 0.717) is 10.4 Å². The fourth-order valence-electron chi connectivity index (χ4n) is 2.90. The minimum absolute atomic E-state index is 0.00484. The van der Waals surface area contributed by atoms with Gasteiger partial charge >= 0.3 is 12.5 Å². The number of aromatic nitrogens is 4. The molecule has 0 saturated heterocycles. The first kappa shape index (κ1) is 24.7. The van der Waals surface area contributed by atoms with Gasteiger partial charge in [0, 0.05) is 31.2 Å². The summed E-state index contributed by atoms with van der Waals surface area (Å²) in [4.78, 5) is 11.9. The first-order valence-corrected chi connectivity index (χ1v) is 9.62. The highest BCUT2D eigenvalue weighted by Crippen LogP contribution is 2.32. The van der Waals surface area contributed by atoms with Gasteiger partial charge in [-0.2, -0.15) is 18.3 Å². The Kier molecular flexibility index (Phi) is 7.41. The molecule has 0 unspecified atom stereocenters. The average molecular weight is 483 g/mol. The number of nitrogens with one attached hydrogen (secondary N) is 1. The summed E-state index contributed by atoms with van der Waals surface area (Å²) in [5, 5.41) is 13.6. The van der Waals surface area contributed by atoms with Crippen LogP contribution in [0.3, 0.4) is 0 Å². The quantitative estimate of drug-likeness (QED) is 0.518. The molecule has 0 radical (unpaired) electrons. The van der Waals surface area contributed by atoms with Gasteiger partial charge in [0.1, 0.15) is 13.2 Å². The summed E-state index contributed by atoms with van der Waals surface area (Å²) in [6, 6.07) is 0. The molecular formula is C18H19F6N5O4. The van der Waals surface area contributed by atoms with Gasteiger partial charge in [-0.3, -0.25) is 14.2 Å². The fourth-order valence-corrected chi connectivity index (χ4v) is 2.90. The number of ether oxygens (including phenoxy) is 2. The molecule has 0 atom stereocenters. The predicted octanol–water partition coefficient (Wildman–Crippen LogP) is 3.14. The second kappa shape index (κ2) is 9.91. The van der Waals surface area contributed by atoms with Crippen LogP contribution in [0.15, 0.2) is 29.1 Å². The van der Waals surface area contributed by atoms with E-state index < -0.39 is 37.2 Å². The molecule has 1 saturated carbocycles. The van der Waals surface area contributed by atoms with Crippen LogP contribution in [-0.2, 0) is 27.2 Å². The molecule has 9 nitrogen and oxygen atoms in total. The Labute approximate surface area is 182 Å². The number of alkyl halides is 6. The largest absolute Gasteiger partial charge is 0.522 e. The van der Waals surface area contributed by atoms with Gasteiger partial charge in [-0.15, -0.1) is 23.4 Å². The Bertz CT molecular complexity index is 964. The van der Waals surface area contributed by atoms with Crippen LogP contribution in [0.2, 0.25) is 0 Å². The SMILES string of the molecule is C=C(CCc1nnc(-c2cnn(CC(F)(F)F)c2)o1)NC(=O)CO[C@H]1C[C@@H](OC(F)(F)F)C1. The van der Waals surface area contributed by atoms with Gasteiger partial charge in [-0.05, 0) is 6.42 Å². The molecule has 1 amide bonds. The van der Waals surface area contributed by atoms with E-state index >= 15 is 0 Å². The monoisotopic (exact) mass is 483 g/mol. The van der Waals surface area contributed by atoms with E-state index in [1.807, 2.05) is 0 Å². The molecule has 0 aliphatic heterocycles. The van der Waals surface area contributed by atoms with Crippen LogP contribution in [0.25, 0.3) is 11.5 Å². The maximum atomic E-state index is 12.4.